The highest BCUT2D eigenvalue weighted by molar-refractivity contribution is 8.26. The van der Waals surface area contributed by atoms with Gasteiger partial charge in [-0.2, -0.15) is 0 Å². The van der Waals surface area contributed by atoms with Crippen LogP contribution in [0.15, 0.2) is 47.4 Å². The lowest BCUT2D eigenvalue weighted by atomic mass is 10.00. The summed E-state index contributed by atoms with van der Waals surface area (Å²) in [6.07, 6.45) is 9.76. The monoisotopic (exact) mass is 400 g/mol. The van der Waals surface area contributed by atoms with Crippen molar-refractivity contribution in [2.45, 2.75) is 38.6 Å². The Morgan fingerprint density at radius 3 is 2.81 bits per heavy atom. The van der Waals surface area contributed by atoms with Crippen molar-refractivity contribution in [3.8, 4) is 0 Å². The number of carbonyl (C=O) groups is 2. The Morgan fingerprint density at radius 1 is 1.30 bits per heavy atom. The Balaban J connectivity index is 1.64. The molecule has 1 unspecified atom stereocenters. The minimum Gasteiger partial charge on any atom is -0.338 e. The van der Waals surface area contributed by atoms with Crippen LogP contribution >= 0.6 is 24.0 Å². The predicted octanol–water partition coefficient (Wildman–Crippen LogP) is 4.24. The molecule has 3 rings (SSSR count). The highest BCUT2D eigenvalue weighted by Gasteiger charge is 2.35. The van der Waals surface area contributed by atoms with Gasteiger partial charge in [-0.15, -0.1) is 0 Å². The third-order valence-electron chi connectivity index (χ3n) is 4.92. The van der Waals surface area contributed by atoms with Crippen LogP contribution in [0, 0.1) is 0 Å². The molecule has 142 valence electrons. The van der Waals surface area contributed by atoms with Crippen molar-refractivity contribution in [1.82, 2.24) is 9.80 Å². The average molecular weight is 401 g/mol. The second-order valence-corrected chi connectivity index (χ2v) is 8.38. The van der Waals surface area contributed by atoms with E-state index in [1.54, 1.807) is 6.08 Å². The fourth-order valence-electron chi connectivity index (χ4n) is 3.44. The standard InChI is InChI=1S/C21H24N2O2S2/c1-2-17-12-6-7-14-22(17)19(24)15-23-20(25)18(27-21(23)26)13-8-11-16-9-4-3-5-10-16/h3-5,8-11,13,17H,2,6-7,12,14-15H2,1H3/b11-8+,18-13-. The molecule has 2 heterocycles. The zero-order valence-corrected chi connectivity index (χ0v) is 17.1. The minimum atomic E-state index is -0.180. The van der Waals surface area contributed by atoms with Gasteiger partial charge in [-0.25, -0.2) is 0 Å². The Hall–Kier alpha value is -1.92. The maximum atomic E-state index is 12.7. The summed E-state index contributed by atoms with van der Waals surface area (Å²) in [6.45, 7) is 2.93. The van der Waals surface area contributed by atoms with Crippen LogP contribution in [-0.2, 0) is 9.59 Å². The highest BCUT2D eigenvalue weighted by Crippen LogP contribution is 2.31. The Morgan fingerprint density at radius 2 is 2.07 bits per heavy atom. The molecule has 1 aromatic carbocycles. The summed E-state index contributed by atoms with van der Waals surface area (Å²) < 4.78 is 0.456. The smallest absolute Gasteiger partial charge is 0.266 e. The fraction of sp³-hybridized carbons (Fsp3) is 0.381. The normalized spacial score (nSPS) is 22.3. The number of hydrogen-bond acceptors (Lipinski definition) is 4. The summed E-state index contributed by atoms with van der Waals surface area (Å²) in [5.74, 6) is -0.181. The van der Waals surface area contributed by atoms with Crippen molar-refractivity contribution in [2.24, 2.45) is 0 Å². The fourth-order valence-corrected chi connectivity index (χ4v) is 4.65. The summed E-state index contributed by atoms with van der Waals surface area (Å²) in [4.78, 5) is 29.4. The van der Waals surface area contributed by atoms with E-state index in [4.69, 9.17) is 12.2 Å². The molecule has 2 aliphatic rings. The Kier molecular flexibility index (Phi) is 6.85. The van der Waals surface area contributed by atoms with E-state index >= 15 is 0 Å². The molecular weight excluding hydrogens is 376 g/mol. The van der Waals surface area contributed by atoms with Gasteiger partial charge in [-0.05, 0) is 37.3 Å². The average Bonchev–Trinajstić information content (AvgIpc) is 2.96. The summed E-state index contributed by atoms with van der Waals surface area (Å²) in [7, 11) is 0. The number of rotatable bonds is 5. The maximum Gasteiger partial charge on any atom is 0.266 e. The second-order valence-electron chi connectivity index (χ2n) is 6.70. The number of hydrogen-bond donors (Lipinski definition) is 0. The van der Waals surface area contributed by atoms with Crippen LogP contribution in [0.2, 0.25) is 0 Å². The van der Waals surface area contributed by atoms with Gasteiger partial charge in [-0.3, -0.25) is 14.5 Å². The number of piperidine rings is 1. The first-order valence-electron chi connectivity index (χ1n) is 9.36. The van der Waals surface area contributed by atoms with Gasteiger partial charge in [0.2, 0.25) is 5.91 Å². The van der Waals surface area contributed by atoms with E-state index in [1.165, 1.54) is 23.1 Å². The third-order valence-corrected chi connectivity index (χ3v) is 6.32. The molecule has 0 spiro atoms. The van der Waals surface area contributed by atoms with Crippen LogP contribution in [-0.4, -0.2) is 45.1 Å². The number of benzene rings is 1. The molecule has 0 aliphatic carbocycles. The molecule has 0 saturated carbocycles. The largest absolute Gasteiger partial charge is 0.338 e. The molecule has 2 fully saturated rings. The molecule has 0 bridgehead atoms. The van der Waals surface area contributed by atoms with Crippen LogP contribution < -0.4 is 0 Å². The Labute approximate surface area is 170 Å². The lowest BCUT2D eigenvalue weighted by Crippen LogP contribution is -2.48. The van der Waals surface area contributed by atoms with Crippen molar-refractivity contribution < 1.29 is 9.59 Å². The van der Waals surface area contributed by atoms with E-state index in [0.717, 1.165) is 31.4 Å². The molecule has 2 amide bonds. The van der Waals surface area contributed by atoms with Gasteiger partial charge < -0.3 is 4.90 Å². The highest BCUT2D eigenvalue weighted by atomic mass is 32.2. The lowest BCUT2D eigenvalue weighted by Gasteiger charge is -2.36. The molecule has 2 aliphatic heterocycles. The third kappa shape index (κ3) is 4.87. The van der Waals surface area contributed by atoms with Gasteiger partial charge in [-0.1, -0.05) is 73.4 Å². The van der Waals surface area contributed by atoms with Gasteiger partial charge in [0.05, 0.1) is 4.91 Å². The number of amides is 2. The van der Waals surface area contributed by atoms with Crippen LogP contribution in [0.3, 0.4) is 0 Å². The number of thiocarbonyl (C=S) groups is 1. The van der Waals surface area contributed by atoms with Gasteiger partial charge in [0.25, 0.3) is 5.91 Å². The van der Waals surface area contributed by atoms with Crippen LogP contribution in [0.1, 0.15) is 38.2 Å². The Bertz CT molecular complexity index is 774. The van der Waals surface area contributed by atoms with E-state index in [2.05, 4.69) is 6.92 Å². The van der Waals surface area contributed by atoms with E-state index in [-0.39, 0.29) is 24.4 Å². The summed E-state index contributed by atoms with van der Waals surface area (Å²) in [5.41, 5.74) is 1.06. The molecule has 1 aromatic rings. The maximum absolute atomic E-state index is 12.7. The van der Waals surface area contributed by atoms with Crippen molar-refractivity contribution in [3.05, 3.63) is 53.0 Å². The molecule has 1 atom stereocenters. The van der Waals surface area contributed by atoms with E-state index in [9.17, 15) is 9.59 Å². The number of likely N-dealkylation sites (tertiary alicyclic amines) is 1. The molecule has 0 N–H and O–H groups in total. The van der Waals surface area contributed by atoms with Crippen molar-refractivity contribution in [3.63, 3.8) is 0 Å². The van der Waals surface area contributed by atoms with Crippen LogP contribution in [0.25, 0.3) is 6.08 Å². The topological polar surface area (TPSA) is 40.6 Å². The number of allylic oxidation sites excluding steroid dienone is 2. The lowest BCUT2D eigenvalue weighted by molar-refractivity contribution is -0.138. The first kappa shape index (κ1) is 19.8. The van der Waals surface area contributed by atoms with Gasteiger partial charge >= 0.3 is 0 Å². The SMILES string of the molecule is CCC1CCCCN1C(=O)CN1C(=O)/C(=C/C=C/c2ccccc2)SC1=S. The molecular formula is C21H24N2O2S2. The van der Waals surface area contributed by atoms with E-state index in [1.807, 2.05) is 47.4 Å². The summed E-state index contributed by atoms with van der Waals surface area (Å²) in [5, 5.41) is 0. The first-order valence-corrected chi connectivity index (χ1v) is 10.6. The predicted molar refractivity (Wildman–Crippen MR) is 115 cm³/mol. The number of thioether (sulfide) groups is 1. The summed E-state index contributed by atoms with van der Waals surface area (Å²) >= 11 is 6.61. The minimum absolute atomic E-state index is 0.000993. The van der Waals surface area contributed by atoms with E-state index in [0.29, 0.717) is 9.23 Å². The zero-order valence-electron chi connectivity index (χ0n) is 15.5. The first-order chi connectivity index (χ1) is 13.1. The molecule has 4 nitrogen and oxygen atoms in total. The van der Waals surface area contributed by atoms with Gasteiger partial charge in [0.15, 0.2) is 0 Å². The second kappa shape index (κ2) is 9.33. The van der Waals surface area contributed by atoms with E-state index < -0.39 is 0 Å². The molecule has 0 radical (unpaired) electrons. The zero-order chi connectivity index (χ0) is 19.2. The van der Waals surface area contributed by atoms with Crippen molar-refractivity contribution in [2.75, 3.05) is 13.1 Å². The molecule has 6 heteroatoms. The summed E-state index contributed by atoms with van der Waals surface area (Å²) in [6, 6.07) is 10.2. The van der Waals surface area contributed by atoms with Crippen molar-refractivity contribution in [1.29, 1.82) is 0 Å². The number of nitrogens with zero attached hydrogens (tertiary/aromatic N) is 2. The van der Waals surface area contributed by atoms with Crippen LogP contribution in [0.4, 0.5) is 0 Å². The molecule has 2 saturated heterocycles. The molecule has 0 aromatic heterocycles. The van der Waals surface area contributed by atoms with Gasteiger partial charge in [0.1, 0.15) is 10.9 Å². The molecule has 27 heavy (non-hydrogen) atoms. The van der Waals surface area contributed by atoms with Crippen LogP contribution in [0.5, 0.6) is 0 Å². The number of carbonyl (C=O) groups excluding carboxylic acids is 2. The van der Waals surface area contributed by atoms with Crippen molar-refractivity contribution >= 4 is 46.2 Å². The quantitative estimate of drug-likeness (QED) is 0.548. The van der Waals surface area contributed by atoms with Gasteiger partial charge in [0, 0.05) is 12.6 Å².